The zero-order valence-corrected chi connectivity index (χ0v) is 14.7. The van der Waals surface area contributed by atoms with Crippen LogP contribution in [-0.4, -0.2) is 52.7 Å². The minimum atomic E-state index is 0.0174. The van der Waals surface area contributed by atoms with Gasteiger partial charge >= 0.3 is 6.03 Å². The molecule has 3 atom stereocenters. The van der Waals surface area contributed by atoms with E-state index in [-0.39, 0.29) is 24.1 Å². The van der Waals surface area contributed by atoms with Crippen LogP contribution in [0.15, 0.2) is 24.3 Å². The second-order valence-corrected chi connectivity index (χ2v) is 7.21. The number of fused-ring (bicyclic) bond motifs is 1. The van der Waals surface area contributed by atoms with Crippen molar-refractivity contribution in [1.82, 2.24) is 20.2 Å². The maximum absolute atomic E-state index is 12.6. The first kappa shape index (κ1) is 16.4. The van der Waals surface area contributed by atoms with Crippen LogP contribution in [0.4, 0.5) is 4.79 Å². The van der Waals surface area contributed by atoms with Crippen LogP contribution in [0.25, 0.3) is 11.0 Å². The number of aromatic nitrogens is 2. The van der Waals surface area contributed by atoms with Gasteiger partial charge in [-0.2, -0.15) is 0 Å². The number of benzene rings is 1. The Balaban J connectivity index is 1.40. The summed E-state index contributed by atoms with van der Waals surface area (Å²) in [6.07, 6.45) is 4.33. The lowest BCUT2D eigenvalue weighted by Crippen LogP contribution is -2.50. The number of ether oxygens (including phenoxy) is 1. The van der Waals surface area contributed by atoms with Crippen LogP contribution in [0.3, 0.4) is 0 Å². The normalized spacial score (nSPS) is 25.2. The third kappa shape index (κ3) is 3.49. The topological polar surface area (TPSA) is 70.2 Å². The first-order valence-corrected chi connectivity index (χ1v) is 9.32. The van der Waals surface area contributed by atoms with Crippen LogP contribution in [-0.2, 0) is 4.74 Å². The molecule has 1 aromatic carbocycles. The van der Waals surface area contributed by atoms with E-state index < -0.39 is 0 Å². The van der Waals surface area contributed by atoms with Crippen LogP contribution in [0.5, 0.6) is 0 Å². The number of hydrogen-bond acceptors (Lipinski definition) is 3. The van der Waals surface area contributed by atoms with Gasteiger partial charge in [0.15, 0.2) is 0 Å². The highest BCUT2D eigenvalue weighted by Crippen LogP contribution is 2.27. The van der Waals surface area contributed by atoms with Crippen molar-refractivity contribution in [2.24, 2.45) is 0 Å². The van der Waals surface area contributed by atoms with E-state index in [1.165, 1.54) is 0 Å². The highest BCUT2D eigenvalue weighted by atomic mass is 16.5. The Morgan fingerprint density at radius 3 is 3.04 bits per heavy atom. The number of likely N-dealkylation sites (tertiary alicyclic amines) is 1. The van der Waals surface area contributed by atoms with Crippen molar-refractivity contribution >= 4 is 17.1 Å². The van der Waals surface area contributed by atoms with Crippen molar-refractivity contribution in [3.05, 3.63) is 30.1 Å². The molecule has 2 fully saturated rings. The Bertz CT molecular complexity index is 705. The molecule has 6 heteroatoms. The third-order valence-corrected chi connectivity index (χ3v) is 5.38. The summed E-state index contributed by atoms with van der Waals surface area (Å²) in [5.41, 5.74) is 2.05. The Morgan fingerprint density at radius 2 is 2.24 bits per heavy atom. The largest absolute Gasteiger partial charge is 0.376 e. The van der Waals surface area contributed by atoms with Crippen LogP contribution >= 0.6 is 0 Å². The molecule has 6 nitrogen and oxygen atoms in total. The van der Waals surface area contributed by atoms with E-state index >= 15 is 0 Å². The lowest BCUT2D eigenvalue weighted by atomic mass is 9.97. The van der Waals surface area contributed by atoms with Crippen molar-refractivity contribution in [2.75, 3.05) is 19.7 Å². The molecule has 0 radical (unpaired) electrons. The van der Waals surface area contributed by atoms with E-state index in [1.54, 1.807) is 0 Å². The summed E-state index contributed by atoms with van der Waals surface area (Å²) in [4.78, 5) is 22.7. The molecule has 1 aromatic heterocycles. The van der Waals surface area contributed by atoms with Gasteiger partial charge in [0, 0.05) is 25.6 Å². The first-order valence-electron chi connectivity index (χ1n) is 9.32. The number of rotatable bonds is 3. The number of carbonyl (C=O) groups is 1. The van der Waals surface area contributed by atoms with Crippen molar-refractivity contribution < 1.29 is 9.53 Å². The number of para-hydroxylation sites is 2. The number of hydrogen-bond donors (Lipinski definition) is 2. The van der Waals surface area contributed by atoms with E-state index in [1.807, 2.05) is 36.1 Å². The molecule has 2 saturated heterocycles. The summed E-state index contributed by atoms with van der Waals surface area (Å²) in [5, 5.41) is 3.12. The molecular weight excluding hydrogens is 316 g/mol. The maximum atomic E-state index is 12.6. The second kappa shape index (κ2) is 7.04. The minimum absolute atomic E-state index is 0.0174. The number of aromatic amines is 1. The molecule has 0 saturated carbocycles. The number of nitrogens with zero attached hydrogens (tertiary/aromatic N) is 2. The molecule has 2 aliphatic rings. The Labute approximate surface area is 147 Å². The average Bonchev–Trinajstić information content (AvgIpc) is 3.31. The second-order valence-electron chi connectivity index (χ2n) is 7.21. The highest BCUT2D eigenvalue weighted by molar-refractivity contribution is 5.76. The van der Waals surface area contributed by atoms with Crippen LogP contribution in [0, 0.1) is 0 Å². The highest BCUT2D eigenvalue weighted by Gasteiger charge is 2.29. The van der Waals surface area contributed by atoms with Crippen molar-refractivity contribution in [3.8, 4) is 0 Å². The molecule has 0 aliphatic carbocycles. The summed E-state index contributed by atoms with van der Waals surface area (Å²) in [5.74, 6) is 1.26. The fraction of sp³-hybridized carbons (Fsp3) is 0.579. The van der Waals surface area contributed by atoms with Gasteiger partial charge in [-0.25, -0.2) is 9.78 Å². The van der Waals surface area contributed by atoms with E-state index in [9.17, 15) is 4.79 Å². The zero-order chi connectivity index (χ0) is 17.2. The molecule has 4 rings (SSSR count). The van der Waals surface area contributed by atoms with Gasteiger partial charge in [0.05, 0.1) is 23.2 Å². The molecule has 3 heterocycles. The molecule has 2 aromatic rings. The maximum Gasteiger partial charge on any atom is 0.317 e. The van der Waals surface area contributed by atoms with Gasteiger partial charge in [-0.1, -0.05) is 12.1 Å². The predicted octanol–water partition coefficient (Wildman–Crippen LogP) is 3.02. The molecule has 2 aliphatic heterocycles. The monoisotopic (exact) mass is 342 g/mol. The predicted molar refractivity (Wildman–Crippen MR) is 96.6 cm³/mol. The van der Waals surface area contributed by atoms with Gasteiger partial charge in [-0.05, 0) is 44.7 Å². The SMILES string of the molecule is C[C@H](NC(=O)N1CCC[C@H](c2nc3ccccc3[nH]2)C1)[C@H]1CCCO1. The number of carbonyl (C=O) groups excluding carboxylic acids is 1. The standard InChI is InChI=1S/C19H26N4O2/c1-13(17-9-5-11-25-17)20-19(24)23-10-4-6-14(12-23)18-21-15-7-2-3-8-16(15)22-18/h2-3,7-8,13-14,17H,4-6,9-12H2,1H3,(H,20,24)(H,21,22)/t13-,14-,17+/m0/s1. The van der Waals surface area contributed by atoms with Crippen molar-refractivity contribution in [2.45, 2.75) is 50.7 Å². The number of amides is 2. The molecule has 134 valence electrons. The van der Waals surface area contributed by atoms with Gasteiger partial charge in [0.2, 0.25) is 0 Å². The van der Waals surface area contributed by atoms with E-state index in [2.05, 4.69) is 10.3 Å². The van der Waals surface area contributed by atoms with Gasteiger partial charge in [0.25, 0.3) is 0 Å². The number of H-pyrrole nitrogens is 1. The summed E-state index contributed by atoms with van der Waals surface area (Å²) in [6.45, 7) is 4.36. The molecule has 25 heavy (non-hydrogen) atoms. The Kier molecular flexibility index (Phi) is 4.61. The fourth-order valence-corrected chi connectivity index (χ4v) is 3.93. The van der Waals surface area contributed by atoms with Crippen LogP contribution in [0.2, 0.25) is 0 Å². The zero-order valence-electron chi connectivity index (χ0n) is 14.7. The molecule has 2 N–H and O–H groups in total. The molecule has 2 amide bonds. The average molecular weight is 342 g/mol. The lowest BCUT2D eigenvalue weighted by Gasteiger charge is -2.33. The summed E-state index contributed by atoms with van der Waals surface area (Å²) in [7, 11) is 0. The number of imidazole rings is 1. The molecule has 0 unspecified atom stereocenters. The summed E-state index contributed by atoms with van der Waals surface area (Å²) in [6, 6.07) is 8.15. The van der Waals surface area contributed by atoms with E-state index in [0.717, 1.165) is 55.7 Å². The Morgan fingerprint density at radius 1 is 1.36 bits per heavy atom. The van der Waals surface area contributed by atoms with Crippen molar-refractivity contribution in [3.63, 3.8) is 0 Å². The van der Waals surface area contributed by atoms with Gasteiger partial charge in [-0.3, -0.25) is 0 Å². The van der Waals surface area contributed by atoms with Gasteiger partial charge in [-0.15, -0.1) is 0 Å². The molecular formula is C19H26N4O2. The summed E-state index contributed by atoms with van der Waals surface area (Å²) >= 11 is 0. The molecule has 0 spiro atoms. The summed E-state index contributed by atoms with van der Waals surface area (Å²) < 4.78 is 5.68. The number of piperidine rings is 1. The van der Waals surface area contributed by atoms with Crippen molar-refractivity contribution in [1.29, 1.82) is 0 Å². The number of urea groups is 1. The smallest absolute Gasteiger partial charge is 0.317 e. The van der Waals surface area contributed by atoms with Crippen LogP contribution in [0.1, 0.15) is 44.3 Å². The number of nitrogens with one attached hydrogen (secondary N) is 2. The van der Waals surface area contributed by atoms with E-state index in [0.29, 0.717) is 6.54 Å². The Hall–Kier alpha value is -2.08. The first-order chi connectivity index (χ1) is 12.2. The molecule has 0 bridgehead atoms. The van der Waals surface area contributed by atoms with E-state index in [4.69, 9.17) is 9.72 Å². The van der Waals surface area contributed by atoms with Gasteiger partial charge in [0.1, 0.15) is 5.82 Å². The fourth-order valence-electron chi connectivity index (χ4n) is 3.93. The lowest BCUT2D eigenvalue weighted by molar-refractivity contribution is 0.0823. The quantitative estimate of drug-likeness (QED) is 0.901. The third-order valence-electron chi connectivity index (χ3n) is 5.38. The minimum Gasteiger partial charge on any atom is -0.376 e. The van der Waals surface area contributed by atoms with Gasteiger partial charge < -0.3 is 19.9 Å². The van der Waals surface area contributed by atoms with Crippen LogP contribution < -0.4 is 5.32 Å².